The molecule has 17 heteroatoms. The summed E-state index contributed by atoms with van der Waals surface area (Å²) >= 11 is 0. The number of phenolic OH excluding ortho intramolecular Hbond substituents is 7. The van der Waals surface area contributed by atoms with Gasteiger partial charge in [0.1, 0.15) is 4.90 Å². The predicted octanol–water partition coefficient (Wildman–Crippen LogP) is 4.79. The minimum absolute atomic E-state index is 0.331. The van der Waals surface area contributed by atoms with Crippen LogP contribution in [0.1, 0.15) is 20.7 Å². The monoisotopic (exact) mass is 554 g/mol. The van der Waals surface area contributed by atoms with E-state index in [0.29, 0.717) is 24.3 Å². The molecule has 0 saturated heterocycles. The van der Waals surface area contributed by atoms with Crippen molar-refractivity contribution < 1.29 is 64.8 Å². The van der Waals surface area contributed by atoms with Crippen LogP contribution < -0.4 is 10.6 Å². The Morgan fingerprint density at radius 1 is 0.541 bits per heavy atom. The van der Waals surface area contributed by atoms with Gasteiger partial charge in [-0.3, -0.25) is 9.59 Å². The molecule has 0 unspecified atom stereocenters. The maximum Gasteiger partial charge on any atom is 0.310 e. The topological polar surface area (TPSA) is 200 Å². The molecule has 0 aliphatic heterocycles. The number of carbonyl (C=O) groups excluding carboxylic acids is 2. The maximum absolute atomic E-state index is 13.6. The molecule has 11 nitrogen and oxygen atoms in total. The standard InChI is InChI=1S/C20H15F5N2O9S/c21-37(22,23,24,25)9-5-10(26-19(35)7-1-12(28)17(33)13(29)2-7)16(32)11(6-9)27-20(36)8-3-14(30)18(34)15(31)4-8/h1-6,28-34H,(H,26,35)(H,27,36). The molecular weight excluding hydrogens is 539 g/mol. The lowest BCUT2D eigenvalue weighted by Crippen LogP contribution is -2.16. The highest BCUT2D eigenvalue weighted by molar-refractivity contribution is 8.45. The van der Waals surface area contributed by atoms with Gasteiger partial charge in [-0.05, 0) is 36.4 Å². The fraction of sp³-hybridized carbons (Fsp3) is 0. The van der Waals surface area contributed by atoms with Crippen LogP contribution in [0, 0.1) is 0 Å². The van der Waals surface area contributed by atoms with Crippen LogP contribution in [0.3, 0.4) is 0 Å². The molecule has 0 saturated carbocycles. The summed E-state index contributed by atoms with van der Waals surface area (Å²) in [6.45, 7) is 0. The number of anilines is 2. The highest BCUT2D eigenvalue weighted by atomic mass is 32.5. The number of carbonyl (C=O) groups is 2. The van der Waals surface area contributed by atoms with Crippen molar-refractivity contribution in [3.8, 4) is 40.2 Å². The molecule has 0 aliphatic rings. The van der Waals surface area contributed by atoms with E-state index < -0.39 is 89.7 Å². The lowest BCUT2D eigenvalue weighted by atomic mass is 10.1. The zero-order valence-electron chi connectivity index (χ0n) is 17.7. The first-order chi connectivity index (χ1) is 16.7. The first-order valence-corrected chi connectivity index (χ1v) is 11.4. The number of benzene rings is 3. The summed E-state index contributed by atoms with van der Waals surface area (Å²) in [6.07, 6.45) is 0. The Bertz CT molecular complexity index is 1340. The predicted molar refractivity (Wildman–Crippen MR) is 118 cm³/mol. The number of rotatable bonds is 5. The van der Waals surface area contributed by atoms with Crippen molar-refractivity contribution in [1.29, 1.82) is 0 Å². The van der Waals surface area contributed by atoms with Gasteiger partial charge >= 0.3 is 10.2 Å². The van der Waals surface area contributed by atoms with Crippen LogP contribution in [0.2, 0.25) is 0 Å². The molecule has 0 aliphatic carbocycles. The molecule has 0 spiro atoms. The van der Waals surface area contributed by atoms with Crippen molar-refractivity contribution in [2.75, 3.05) is 10.6 Å². The van der Waals surface area contributed by atoms with E-state index in [1.54, 1.807) is 10.6 Å². The van der Waals surface area contributed by atoms with Gasteiger partial charge in [0, 0.05) is 11.1 Å². The summed E-state index contributed by atoms with van der Waals surface area (Å²) in [5.41, 5.74) is -3.97. The van der Waals surface area contributed by atoms with E-state index in [9.17, 15) is 64.8 Å². The smallest absolute Gasteiger partial charge is 0.310 e. The van der Waals surface area contributed by atoms with Crippen LogP contribution in [-0.2, 0) is 0 Å². The SMILES string of the molecule is O=C(Nc1cc(S(F)(F)(F)(F)F)cc(NC(=O)c2cc(O)c(O)c(O)c2)c1O)c1cc(O)c(O)c(O)c1. The fourth-order valence-electron chi connectivity index (χ4n) is 2.88. The number of aromatic hydroxyl groups is 7. The Hall–Kier alpha value is -4.80. The Morgan fingerprint density at radius 2 is 0.838 bits per heavy atom. The number of hydrogen-bond acceptors (Lipinski definition) is 9. The van der Waals surface area contributed by atoms with E-state index in [2.05, 4.69) is 0 Å². The summed E-state index contributed by atoms with van der Waals surface area (Å²) in [5.74, 6) is -10.4. The van der Waals surface area contributed by atoms with Gasteiger partial charge in [0.25, 0.3) is 11.8 Å². The molecule has 0 radical (unpaired) electrons. The first-order valence-electron chi connectivity index (χ1n) is 9.41. The van der Waals surface area contributed by atoms with E-state index in [1.165, 1.54) is 0 Å². The van der Waals surface area contributed by atoms with Crippen molar-refractivity contribution in [3.63, 3.8) is 0 Å². The quantitative estimate of drug-likeness (QED) is 0.157. The van der Waals surface area contributed by atoms with E-state index in [-0.39, 0.29) is 12.1 Å². The third kappa shape index (κ3) is 5.56. The summed E-state index contributed by atoms with van der Waals surface area (Å²) in [5, 5.41) is 70.3. The van der Waals surface area contributed by atoms with E-state index >= 15 is 0 Å². The van der Waals surface area contributed by atoms with Gasteiger partial charge in [-0.2, -0.15) is 0 Å². The van der Waals surface area contributed by atoms with Gasteiger partial charge in [-0.15, -0.1) is 0 Å². The Kier molecular flexibility index (Phi) is 5.69. The van der Waals surface area contributed by atoms with E-state index in [4.69, 9.17) is 0 Å². The lowest BCUT2D eigenvalue weighted by Gasteiger charge is -2.41. The van der Waals surface area contributed by atoms with Crippen LogP contribution in [0.4, 0.5) is 30.8 Å². The van der Waals surface area contributed by atoms with Gasteiger partial charge in [0.15, 0.2) is 40.2 Å². The number of phenols is 7. The Balaban J connectivity index is 2.10. The van der Waals surface area contributed by atoms with Crippen molar-refractivity contribution in [2.24, 2.45) is 0 Å². The average Bonchev–Trinajstić information content (AvgIpc) is 2.75. The summed E-state index contributed by atoms with van der Waals surface area (Å²) in [4.78, 5) is 22.2. The van der Waals surface area contributed by atoms with Crippen molar-refractivity contribution in [1.82, 2.24) is 0 Å². The summed E-state index contributed by atoms with van der Waals surface area (Å²) < 4.78 is 67.8. The highest BCUT2D eigenvalue weighted by Gasteiger charge is 2.65. The second-order valence-corrected chi connectivity index (χ2v) is 9.88. The van der Waals surface area contributed by atoms with Gasteiger partial charge in [-0.1, -0.05) is 19.4 Å². The normalized spacial score (nSPS) is 13.3. The third-order valence-electron chi connectivity index (χ3n) is 4.69. The minimum atomic E-state index is -10.5. The van der Waals surface area contributed by atoms with Crippen molar-refractivity contribution >= 4 is 33.4 Å². The number of amides is 2. The van der Waals surface area contributed by atoms with Gasteiger partial charge in [-0.25, -0.2) is 0 Å². The van der Waals surface area contributed by atoms with Crippen molar-refractivity contribution in [2.45, 2.75) is 4.90 Å². The molecule has 9 N–H and O–H groups in total. The highest BCUT2D eigenvalue weighted by Crippen LogP contribution is 3.02. The van der Waals surface area contributed by atoms with Crippen LogP contribution >= 0.6 is 10.2 Å². The zero-order chi connectivity index (χ0) is 28.1. The molecule has 3 aromatic rings. The molecule has 0 bridgehead atoms. The fourth-order valence-corrected chi connectivity index (χ4v) is 3.56. The number of nitrogens with one attached hydrogen (secondary N) is 2. The van der Waals surface area contributed by atoms with Crippen LogP contribution in [0.15, 0.2) is 41.3 Å². The number of halogens is 5. The second-order valence-electron chi connectivity index (χ2n) is 7.47. The molecule has 200 valence electrons. The first kappa shape index (κ1) is 26.8. The van der Waals surface area contributed by atoms with E-state index in [1.807, 2.05) is 0 Å². The van der Waals surface area contributed by atoms with E-state index in [0.717, 1.165) is 0 Å². The number of hydrogen-bond donors (Lipinski definition) is 9. The minimum Gasteiger partial charge on any atom is -0.504 e. The third-order valence-corrected chi connectivity index (χ3v) is 5.82. The maximum atomic E-state index is 13.6. The Morgan fingerprint density at radius 3 is 1.11 bits per heavy atom. The Labute approximate surface area is 202 Å². The van der Waals surface area contributed by atoms with Gasteiger partial charge in [0.2, 0.25) is 0 Å². The molecule has 2 amide bonds. The van der Waals surface area contributed by atoms with Crippen LogP contribution in [0.25, 0.3) is 0 Å². The second kappa shape index (κ2) is 7.85. The van der Waals surface area contributed by atoms with Crippen molar-refractivity contribution in [3.05, 3.63) is 47.5 Å². The molecular formula is C20H15F5N2O9S. The largest absolute Gasteiger partial charge is 0.504 e. The van der Waals surface area contributed by atoms with Crippen LogP contribution in [-0.4, -0.2) is 47.6 Å². The molecule has 0 heterocycles. The van der Waals surface area contributed by atoms with Crippen LogP contribution in [0.5, 0.6) is 40.2 Å². The average molecular weight is 554 g/mol. The zero-order valence-corrected chi connectivity index (χ0v) is 18.5. The molecule has 0 fully saturated rings. The molecule has 3 aromatic carbocycles. The lowest BCUT2D eigenvalue weighted by molar-refractivity contribution is 0.101. The molecule has 3 rings (SSSR count). The molecule has 0 aromatic heterocycles. The van der Waals surface area contributed by atoms with Gasteiger partial charge < -0.3 is 46.4 Å². The van der Waals surface area contributed by atoms with Gasteiger partial charge in [0.05, 0.1) is 11.4 Å². The molecule has 0 atom stereocenters. The summed E-state index contributed by atoms with van der Waals surface area (Å²) in [7, 11) is -10.5. The summed E-state index contributed by atoms with van der Waals surface area (Å²) in [6, 6.07) is 1.57. The molecule has 37 heavy (non-hydrogen) atoms.